The van der Waals surface area contributed by atoms with Gasteiger partial charge in [0.15, 0.2) is 5.72 Å². The van der Waals surface area contributed by atoms with E-state index in [-0.39, 0.29) is 17.7 Å². The number of anilines is 1. The molecular formula is C23H24N2O3. The van der Waals surface area contributed by atoms with Crippen molar-refractivity contribution in [1.82, 2.24) is 4.90 Å². The van der Waals surface area contributed by atoms with Crippen molar-refractivity contribution >= 4 is 17.5 Å². The molecule has 3 atom stereocenters. The Morgan fingerprint density at radius 2 is 2.11 bits per heavy atom. The van der Waals surface area contributed by atoms with Crippen LogP contribution >= 0.6 is 0 Å². The number of carbonyl (C=O) groups is 2. The maximum Gasteiger partial charge on any atom is 0.239 e. The van der Waals surface area contributed by atoms with Gasteiger partial charge in [0.1, 0.15) is 11.7 Å². The number of likely N-dealkylation sites (tertiary alicyclic amines) is 1. The number of para-hydroxylation sites is 1. The molecule has 144 valence electrons. The fourth-order valence-corrected chi connectivity index (χ4v) is 4.36. The third kappa shape index (κ3) is 2.97. The molecule has 0 unspecified atom stereocenters. The standard InChI is InChI=1S/C23H24N2O3/c1-4-12-25-22(27)20(21(26)24-16-9-7-8-15(2)13-16)18-14-23(25,3)28-19-11-6-5-10-17(18)19/h4-11,13,18,20H,1,12,14H2,2-3H3,(H,24,26)/t18-,20+,23-/m1/s1. The van der Waals surface area contributed by atoms with Crippen LogP contribution in [0.4, 0.5) is 5.69 Å². The number of nitrogens with one attached hydrogen (secondary N) is 1. The van der Waals surface area contributed by atoms with Gasteiger partial charge in [0, 0.05) is 24.6 Å². The lowest BCUT2D eigenvalue weighted by atomic mass is 9.73. The maximum atomic E-state index is 13.4. The smallest absolute Gasteiger partial charge is 0.239 e. The summed E-state index contributed by atoms with van der Waals surface area (Å²) in [6.07, 6.45) is 2.23. The average Bonchev–Trinajstić information content (AvgIpc) is 2.65. The molecule has 0 aliphatic carbocycles. The van der Waals surface area contributed by atoms with E-state index < -0.39 is 11.6 Å². The second-order valence-corrected chi connectivity index (χ2v) is 7.70. The van der Waals surface area contributed by atoms with E-state index in [1.807, 2.05) is 62.4 Å². The van der Waals surface area contributed by atoms with E-state index in [9.17, 15) is 9.59 Å². The predicted molar refractivity (Wildman–Crippen MR) is 108 cm³/mol. The molecule has 2 aliphatic heterocycles. The van der Waals surface area contributed by atoms with Crippen LogP contribution in [0.3, 0.4) is 0 Å². The van der Waals surface area contributed by atoms with Crippen LogP contribution in [0.15, 0.2) is 61.2 Å². The van der Waals surface area contributed by atoms with Gasteiger partial charge in [-0.15, -0.1) is 6.58 Å². The highest BCUT2D eigenvalue weighted by Crippen LogP contribution is 2.50. The normalized spacial score (nSPS) is 25.5. The number of hydrogen-bond acceptors (Lipinski definition) is 3. The van der Waals surface area contributed by atoms with Crippen LogP contribution in [-0.2, 0) is 9.59 Å². The highest BCUT2D eigenvalue weighted by Gasteiger charge is 2.55. The number of ether oxygens (including phenoxy) is 1. The van der Waals surface area contributed by atoms with E-state index in [1.54, 1.807) is 11.0 Å². The molecule has 0 saturated carbocycles. The molecule has 5 heteroatoms. The minimum Gasteiger partial charge on any atom is -0.468 e. The summed E-state index contributed by atoms with van der Waals surface area (Å²) in [7, 11) is 0. The van der Waals surface area contributed by atoms with Gasteiger partial charge >= 0.3 is 0 Å². The molecule has 0 aromatic heterocycles. The molecule has 1 saturated heterocycles. The van der Waals surface area contributed by atoms with Gasteiger partial charge in [0.05, 0.1) is 0 Å². The van der Waals surface area contributed by atoms with Gasteiger partial charge in [0.25, 0.3) is 0 Å². The number of aryl methyl sites for hydroxylation is 1. The Balaban J connectivity index is 1.74. The fourth-order valence-electron chi connectivity index (χ4n) is 4.36. The lowest BCUT2D eigenvalue weighted by molar-refractivity contribution is -0.173. The molecule has 2 aliphatic rings. The highest BCUT2D eigenvalue weighted by atomic mass is 16.5. The van der Waals surface area contributed by atoms with Crippen LogP contribution in [0.2, 0.25) is 0 Å². The quantitative estimate of drug-likeness (QED) is 0.651. The second-order valence-electron chi connectivity index (χ2n) is 7.70. The Bertz CT molecular complexity index is 954. The van der Waals surface area contributed by atoms with Gasteiger partial charge < -0.3 is 15.0 Å². The minimum atomic E-state index is -0.807. The number of fused-ring (bicyclic) bond motifs is 4. The molecule has 2 heterocycles. The van der Waals surface area contributed by atoms with E-state index in [2.05, 4.69) is 11.9 Å². The van der Waals surface area contributed by atoms with Gasteiger partial charge in [-0.1, -0.05) is 36.4 Å². The predicted octanol–water partition coefficient (Wildman–Crippen LogP) is 3.86. The molecular weight excluding hydrogens is 352 g/mol. The first kappa shape index (κ1) is 18.3. The van der Waals surface area contributed by atoms with Crippen molar-refractivity contribution in [1.29, 1.82) is 0 Å². The Morgan fingerprint density at radius 3 is 2.86 bits per heavy atom. The van der Waals surface area contributed by atoms with E-state index in [4.69, 9.17) is 4.74 Å². The van der Waals surface area contributed by atoms with Gasteiger partial charge in [-0.3, -0.25) is 9.59 Å². The SMILES string of the molecule is C=CCN1C(=O)[C@H](C(=O)Nc2cccc(C)c2)[C@@H]2C[C@@]1(C)Oc1ccccc12. The number of rotatable bonds is 4. The number of amides is 2. The minimum absolute atomic E-state index is 0.224. The zero-order chi connectivity index (χ0) is 19.9. The summed E-state index contributed by atoms with van der Waals surface area (Å²) in [6, 6.07) is 15.3. The number of benzene rings is 2. The first-order valence-corrected chi connectivity index (χ1v) is 9.51. The van der Waals surface area contributed by atoms with Crippen LogP contribution in [0.1, 0.15) is 30.4 Å². The topological polar surface area (TPSA) is 58.6 Å². The summed E-state index contributed by atoms with van der Waals surface area (Å²) in [6.45, 7) is 7.97. The van der Waals surface area contributed by atoms with Crippen molar-refractivity contribution in [2.24, 2.45) is 5.92 Å². The molecule has 0 spiro atoms. The summed E-state index contributed by atoms with van der Waals surface area (Å²) in [5.74, 6) is -0.810. The molecule has 28 heavy (non-hydrogen) atoms. The van der Waals surface area contributed by atoms with Crippen molar-refractivity contribution in [3.05, 3.63) is 72.3 Å². The van der Waals surface area contributed by atoms with E-state index in [0.29, 0.717) is 18.7 Å². The van der Waals surface area contributed by atoms with Crippen molar-refractivity contribution in [3.8, 4) is 5.75 Å². The molecule has 4 rings (SSSR count). The molecule has 1 N–H and O–H groups in total. The van der Waals surface area contributed by atoms with Crippen molar-refractivity contribution < 1.29 is 14.3 Å². The van der Waals surface area contributed by atoms with Gasteiger partial charge in [-0.2, -0.15) is 0 Å². The lowest BCUT2D eigenvalue weighted by Crippen LogP contribution is -2.64. The monoisotopic (exact) mass is 376 g/mol. The number of piperidine rings is 1. The molecule has 0 radical (unpaired) electrons. The summed E-state index contributed by atoms with van der Waals surface area (Å²) < 4.78 is 6.21. The molecule has 5 nitrogen and oxygen atoms in total. The van der Waals surface area contributed by atoms with Crippen LogP contribution in [0.5, 0.6) is 5.75 Å². The first-order valence-electron chi connectivity index (χ1n) is 9.51. The summed E-state index contributed by atoms with van der Waals surface area (Å²) in [4.78, 5) is 28.2. The van der Waals surface area contributed by atoms with Crippen molar-refractivity contribution in [2.45, 2.75) is 31.9 Å². The summed E-state index contributed by atoms with van der Waals surface area (Å²) in [5, 5.41) is 2.94. The van der Waals surface area contributed by atoms with Crippen LogP contribution in [-0.4, -0.2) is 29.0 Å². The van der Waals surface area contributed by atoms with E-state index in [0.717, 1.165) is 16.9 Å². The number of hydrogen-bond donors (Lipinski definition) is 1. The molecule has 2 amide bonds. The number of carbonyl (C=O) groups excluding carboxylic acids is 2. The number of nitrogens with zero attached hydrogens (tertiary/aromatic N) is 1. The molecule has 2 aromatic rings. The van der Waals surface area contributed by atoms with Crippen molar-refractivity contribution in [3.63, 3.8) is 0 Å². The van der Waals surface area contributed by atoms with Crippen molar-refractivity contribution in [2.75, 3.05) is 11.9 Å². The van der Waals surface area contributed by atoms with Crippen LogP contribution < -0.4 is 10.1 Å². The first-order chi connectivity index (χ1) is 13.4. The van der Waals surface area contributed by atoms with E-state index in [1.165, 1.54) is 0 Å². The summed E-state index contributed by atoms with van der Waals surface area (Å²) in [5.41, 5.74) is 1.87. The van der Waals surface area contributed by atoms with E-state index >= 15 is 0 Å². The molecule has 2 aromatic carbocycles. The summed E-state index contributed by atoms with van der Waals surface area (Å²) >= 11 is 0. The third-order valence-corrected chi connectivity index (χ3v) is 5.63. The Morgan fingerprint density at radius 1 is 1.32 bits per heavy atom. The average molecular weight is 376 g/mol. The van der Waals surface area contributed by atoms with Gasteiger partial charge in [-0.25, -0.2) is 0 Å². The maximum absolute atomic E-state index is 13.4. The van der Waals surface area contributed by atoms with Crippen LogP contribution in [0.25, 0.3) is 0 Å². The third-order valence-electron chi connectivity index (χ3n) is 5.63. The second kappa shape index (κ2) is 6.82. The Hall–Kier alpha value is -3.08. The Labute approximate surface area is 165 Å². The zero-order valence-electron chi connectivity index (χ0n) is 16.1. The van der Waals surface area contributed by atoms with Crippen LogP contribution in [0, 0.1) is 12.8 Å². The largest absolute Gasteiger partial charge is 0.468 e. The van der Waals surface area contributed by atoms with Gasteiger partial charge in [0.2, 0.25) is 11.8 Å². The zero-order valence-corrected chi connectivity index (χ0v) is 16.1. The molecule has 1 fully saturated rings. The fraction of sp³-hybridized carbons (Fsp3) is 0.304. The molecule has 2 bridgehead atoms. The highest BCUT2D eigenvalue weighted by molar-refractivity contribution is 6.08. The lowest BCUT2D eigenvalue weighted by Gasteiger charge is -2.52. The Kier molecular flexibility index (Phi) is 4.46. The van der Waals surface area contributed by atoms with Gasteiger partial charge in [-0.05, 0) is 43.2 Å².